The van der Waals surface area contributed by atoms with Gasteiger partial charge in [-0.15, -0.1) is 0 Å². The smallest absolute Gasteiger partial charge is 0.211 e. The molecule has 16 heavy (non-hydrogen) atoms. The quantitative estimate of drug-likeness (QED) is 0.476. The SMILES string of the molecule is COCCOCCNS(=O)(=O)CCCCN. The highest BCUT2D eigenvalue weighted by Gasteiger charge is 2.08. The van der Waals surface area contributed by atoms with Gasteiger partial charge in [0.2, 0.25) is 10.0 Å². The Labute approximate surface area is 97.5 Å². The highest BCUT2D eigenvalue weighted by molar-refractivity contribution is 7.89. The molecule has 3 N–H and O–H groups in total. The summed E-state index contributed by atoms with van der Waals surface area (Å²) in [6.07, 6.45) is 1.32. The van der Waals surface area contributed by atoms with E-state index in [0.29, 0.717) is 39.3 Å². The van der Waals surface area contributed by atoms with Crippen LogP contribution in [0.3, 0.4) is 0 Å². The first-order valence-electron chi connectivity index (χ1n) is 5.36. The molecule has 0 heterocycles. The van der Waals surface area contributed by atoms with Gasteiger partial charge in [0.1, 0.15) is 0 Å². The van der Waals surface area contributed by atoms with Crippen molar-refractivity contribution in [2.24, 2.45) is 5.73 Å². The van der Waals surface area contributed by atoms with Gasteiger partial charge in [0.05, 0.1) is 25.6 Å². The van der Waals surface area contributed by atoms with Gasteiger partial charge in [-0.05, 0) is 19.4 Å². The Bertz CT molecular complexity index is 244. The van der Waals surface area contributed by atoms with Crippen LogP contribution in [0.5, 0.6) is 0 Å². The van der Waals surface area contributed by atoms with Gasteiger partial charge >= 0.3 is 0 Å². The lowest BCUT2D eigenvalue weighted by atomic mass is 10.3. The lowest BCUT2D eigenvalue weighted by Gasteiger charge is -2.06. The van der Waals surface area contributed by atoms with E-state index in [9.17, 15) is 8.42 Å². The number of hydrogen-bond donors (Lipinski definition) is 2. The number of methoxy groups -OCH3 is 1. The number of nitrogens with one attached hydrogen (secondary N) is 1. The molecule has 0 fully saturated rings. The minimum Gasteiger partial charge on any atom is -0.382 e. The van der Waals surface area contributed by atoms with Crippen molar-refractivity contribution in [2.75, 3.05) is 45.8 Å². The van der Waals surface area contributed by atoms with Crippen LogP contribution in [0.1, 0.15) is 12.8 Å². The highest BCUT2D eigenvalue weighted by Crippen LogP contribution is 1.92. The Hall–Kier alpha value is -0.210. The summed E-state index contributed by atoms with van der Waals surface area (Å²) in [6, 6.07) is 0. The molecule has 6 nitrogen and oxygen atoms in total. The number of unbranched alkanes of at least 4 members (excludes halogenated alkanes) is 1. The molecule has 0 aromatic carbocycles. The minimum absolute atomic E-state index is 0.127. The standard InChI is InChI=1S/C9H22N2O4S/c1-14-7-8-15-6-5-11-16(12,13)9-3-2-4-10/h11H,2-10H2,1H3. The Morgan fingerprint density at radius 1 is 1.19 bits per heavy atom. The average Bonchev–Trinajstić information content (AvgIpc) is 2.23. The second kappa shape index (κ2) is 9.98. The molecule has 0 rings (SSSR count). The molecule has 0 aliphatic rings. The maximum absolute atomic E-state index is 11.4. The van der Waals surface area contributed by atoms with Crippen molar-refractivity contribution < 1.29 is 17.9 Å². The molecule has 0 saturated carbocycles. The van der Waals surface area contributed by atoms with Gasteiger partial charge in [-0.1, -0.05) is 0 Å². The minimum atomic E-state index is -3.16. The van der Waals surface area contributed by atoms with Gasteiger partial charge < -0.3 is 15.2 Å². The molecule has 0 aromatic heterocycles. The summed E-state index contributed by atoms with van der Waals surface area (Å²) in [5.41, 5.74) is 5.28. The Balaban J connectivity index is 3.43. The van der Waals surface area contributed by atoms with Crippen LogP contribution in [-0.2, 0) is 19.5 Å². The number of sulfonamides is 1. The first-order chi connectivity index (χ1) is 7.62. The van der Waals surface area contributed by atoms with Gasteiger partial charge in [0.25, 0.3) is 0 Å². The number of hydrogen-bond acceptors (Lipinski definition) is 5. The molecule has 0 saturated heterocycles. The van der Waals surface area contributed by atoms with Crippen molar-refractivity contribution in [3.63, 3.8) is 0 Å². The average molecular weight is 254 g/mol. The van der Waals surface area contributed by atoms with Crippen LogP contribution in [0.25, 0.3) is 0 Å². The van der Waals surface area contributed by atoms with Crippen LogP contribution in [0, 0.1) is 0 Å². The van der Waals surface area contributed by atoms with E-state index in [0.717, 1.165) is 6.42 Å². The van der Waals surface area contributed by atoms with E-state index >= 15 is 0 Å². The largest absolute Gasteiger partial charge is 0.382 e. The van der Waals surface area contributed by atoms with E-state index in [2.05, 4.69) is 4.72 Å². The second-order valence-electron chi connectivity index (χ2n) is 3.31. The third-order valence-electron chi connectivity index (χ3n) is 1.87. The molecular weight excluding hydrogens is 232 g/mol. The second-order valence-corrected chi connectivity index (χ2v) is 5.24. The molecule has 0 amide bonds. The van der Waals surface area contributed by atoms with E-state index in [4.69, 9.17) is 15.2 Å². The number of rotatable bonds is 11. The van der Waals surface area contributed by atoms with Crippen LogP contribution in [0.15, 0.2) is 0 Å². The Morgan fingerprint density at radius 2 is 1.94 bits per heavy atom. The lowest BCUT2D eigenvalue weighted by Crippen LogP contribution is -2.30. The molecule has 0 atom stereocenters. The summed E-state index contributed by atoms with van der Waals surface area (Å²) < 4.78 is 35.1. The van der Waals surface area contributed by atoms with Crippen molar-refractivity contribution in [2.45, 2.75) is 12.8 Å². The van der Waals surface area contributed by atoms with Gasteiger partial charge in [-0.2, -0.15) is 0 Å². The maximum atomic E-state index is 11.4. The Kier molecular flexibility index (Phi) is 9.85. The molecular formula is C9H22N2O4S. The molecule has 0 radical (unpaired) electrons. The molecule has 7 heteroatoms. The van der Waals surface area contributed by atoms with E-state index in [1.807, 2.05) is 0 Å². The zero-order chi connectivity index (χ0) is 12.3. The van der Waals surface area contributed by atoms with E-state index in [-0.39, 0.29) is 5.75 Å². The fraction of sp³-hybridized carbons (Fsp3) is 1.00. The zero-order valence-corrected chi connectivity index (χ0v) is 10.6. The highest BCUT2D eigenvalue weighted by atomic mass is 32.2. The molecule has 98 valence electrons. The fourth-order valence-corrected chi connectivity index (χ4v) is 2.15. The number of nitrogens with two attached hydrogens (primary N) is 1. The van der Waals surface area contributed by atoms with Gasteiger partial charge in [-0.25, -0.2) is 13.1 Å². The summed E-state index contributed by atoms with van der Waals surface area (Å²) in [5, 5.41) is 0. The van der Waals surface area contributed by atoms with E-state index < -0.39 is 10.0 Å². The van der Waals surface area contributed by atoms with Crippen LogP contribution >= 0.6 is 0 Å². The van der Waals surface area contributed by atoms with E-state index in [1.54, 1.807) is 7.11 Å². The van der Waals surface area contributed by atoms with Gasteiger partial charge in [0, 0.05) is 13.7 Å². The first kappa shape index (κ1) is 15.8. The maximum Gasteiger partial charge on any atom is 0.211 e. The summed E-state index contributed by atoms with van der Waals surface area (Å²) in [6.45, 7) is 2.18. The lowest BCUT2D eigenvalue weighted by molar-refractivity contribution is 0.0736. The van der Waals surface area contributed by atoms with Crippen molar-refractivity contribution >= 4 is 10.0 Å². The topological polar surface area (TPSA) is 90.6 Å². The van der Waals surface area contributed by atoms with Crippen molar-refractivity contribution in [1.29, 1.82) is 0 Å². The van der Waals surface area contributed by atoms with Gasteiger partial charge in [0.15, 0.2) is 0 Å². The van der Waals surface area contributed by atoms with Crippen LogP contribution < -0.4 is 10.5 Å². The van der Waals surface area contributed by atoms with Crippen molar-refractivity contribution in [3.05, 3.63) is 0 Å². The van der Waals surface area contributed by atoms with Crippen molar-refractivity contribution in [3.8, 4) is 0 Å². The van der Waals surface area contributed by atoms with Gasteiger partial charge in [-0.3, -0.25) is 0 Å². The molecule has 0 aliphatic heterocycles. The fourth-order valence-electron chi connectivity index (χ4n) is 1.02. The van der Waals surface area contributed by atoms with Crippen LogP contribution in [0.2, 0.25) is 0 Å². The van der Waals surface area contributed by atoms with Crippen LogP contribution in [-0.4, -0.2) is 54.2 Å². The Morgan fingerprint density at radius 3 is 2.56 bits per heavy atom. The normalized spacial score (nSPS) is 11.9. The third-order valence-corrected chi connectivity index (χ3v) is 3.34. The van der Waals surface area contributed by atoms with Crippen molar-refractivity contribution in [1.82, 2.24) is 4.72 Å². The third kappa shape index (κ3) is 10.3. The van der Waals surface area contributed by atoms with E-state index in [1.165, 1.54) is 0 Å². The number of ether oxygens (including phenoxy) is 2. The summed E-state index contributed by atoms with van der Waals surface area (Å²) in [7, 11) is -1.58. The molecule has 0 aromatic rings. The summed E-state index contributed by atoms with van der Waals surface area (Å²) in [5.74, 6) is 0.127. The monoisotopic (exact) mass is 254 g/mol. The molecule has 0 spiro atoms. The molecule has 0 unspecified atom stereocenters. The zero-order valence-electron chi connectivity index (χ0n) is 9.78. The summed E-state index contributed by atoms with van der Waals surface area (Å²) in [4.78, 5) is 0. The van der Waals surface area contributed by atoms with Crippen LogP contribution in [0.4, 0.5) is 0 Å². The predicted octanol–water partition coefficient (Wildman–Crippen LogP) is -0.692. The first-order valence-corrected chi connectivity index (χ1v) is 7.01. The predicted molar refractivity (Wildman–Crippen MR) is 62.8 cm³/mol. The molecule has 0 bridgehead atoms. The summed E-state index contributed by atoms with van der Waals surface area (Å²) >= 11 is 0. The molecule has 0 aliphatic carbocycles.